The van der Waals surface area contributed by atoms with E-state index in [1.165, 1.54) is 5.69 Å². The largest absolute Gasteiger partial charge is 0.369 e. The van der Waals surface area contributed by atoms with Gasteiger partial charge >= 0.3 is 0 Å². The molecule has 0 radical (unpaired) electrons. The Morgan fingerprint density at radius 1 is 1.03 bits per heavy atom. The molecule has 1 heterocycles. The van der Waals surface area contributed by atoms with E-state index in [1.54, 1.807) is 12.1 Å². The van der Waals surface area contributed by atoms with E-state index in [-0.39, 0.29) is 18.2 Å². The minimum Gasteiger partial charge on any atom is -0.369 e. The van der Waals surface area contributed by atoms with Crippen LogP contribution < -0.4 is 15.5 Å². The summed E-state index contributed by atoms with van der Waals surface area (Å²) in [5.41, 5.74) is 3.61. The molecule has 2 aromatic rings. The van der Waals surface area contributed by atoms with E-state index in [0.29, 0.717) is 12.1 Å². The number of aryl methyl sites for hydroxylation is 1. The molecule has 2 aromatic carbocycles. The third kappa shape index (κ3) is 6.05. The van der Waals surface area contributed by atoms with Gasteiger partial charge in [-0.2, -0.15) is 0 Å². The SMILES string of the molecule is Cc1cc(N2CCN(C)CC2)ccc1NC(=O)CCNC(=O)c1ccc(Br)cc1. The molecular formula is C22H27BrN4O2. The second-order valence-corrected chi connectivity index (χ2v) is 8.27. The zero-order chi connectivity index (χ0) is 20.8. The van der Waals surface area contributed by atoms with Crippen molar-refractivity contribution in [2.45, 2.75) is 13.3 Å². The molecule has 6 nitrogen and oxygen atoms in total. The van der Waals surface area contributed by atoms with Gasteiger partial charge in [0.25, 0.3) is 5.91 Å². The quantitative estimate of drug-likeness (QED) is 0.696. The highest BCUT2D eigenvalue weighted by Crippen LogP contribution is 2.23. The van der Waals surface area contributed by atoms with Crippen molar-refractivity contribution in [3.8, 4) is 0 Å². The zero-order valence-electron chi connectivity index (χ0n) is 16.9. The van der Waals surface area contributed by atoms with Gasteiger partial charge in [0, 0.05) is 60.6 Å². The Balaban J connectivity index is 1.47. The molecule has 1 saturated heterocycles. The number of carbonyl (C=O) groups excluding carboxylic acids is 2. The van der Waals surface area contributed by atoms with Gasteiger partial charge in [-0.25, -0.2) is 0 Å². The summed E-state index contributed by atoms with van der Waals surface area (Å²) in [6.45, 7) is 6.44. The summed E-state index contributed by atoms with van der Waals surface area (Å²) in [4.78, 5) is 29.1. The Labute approximate surface area is 180 Å². The van der Waals surface area contributed by atoms with E-state index < -0.39 is 0 Å². The summed E-state index contributed by atoms with van der Waals surface area (Å²) in [5, 5.41) is 5.72. The lowest BCUT2D eigenvalue weighted by molar-refractivity contribution is -0.116. The number of benzene rings is 2. The Morgan fingerprint density at radius 2 is 1.72 bits per heavy atom. The molecule has 0 unspecified atom stereocenters. The van der Waals surface area contributed by atoms with Crippen LogP contribution >= 0.6 is 15.9 Å². The number of piperazine rings is 1. The van der Waals surface area contributed by atoms with E-state index in [0.717, 1.165) is 41.9 Å². The number of amides is 2. The average molecular weight is 459 g/mol. The third-order valence-electron chi connectivity index (χ3n) is 5.10. The number of hydrogen-bond donors (Lipinski definition) is 2. The smallest absolute Gasteiger partial charge is 0.251 e. The zero-order valence-corrected chi connectivity index (χ0v) is 18.5. The maximum Gasteiger partial charge on any atom is 0.251 e. The number of likely N-dealkylation sites (N-methyl/N-ethyl adjacent to an activating group) is 1. The van der Waals surface area contributed by atoms with Crippen LogP contribution in [0, 0.1) is 6.92 Å². The molecule has 0 aliphatic carbocycles. The van der Waals surface area contributed by atoms with Crippen molar-refractivity contribution in [3.05, 3.63) is 58.1 Å². The van der Waals surface area contributed by atoms with Crippen molar-refractivity contribution in [2.75, 3.05) is 50.0 Å². The van der Waals surface area contributed by atoms with Gasteiger partial charge in [-0.05, 0) is 62.0 Å². The lowest BCUT2D eigenvalue weighted by atomic mass is 10.1. The number of carbonyl (C=O) groups is 2. The van der Waals surface area contributed by atoms with Gasteiger partial charge in [0.05, 0.1) is 0 Å². The molecule has 1 aliphatic heterocycles. The monoisotopic (exact) mass is 458 g/mol. The summed E-state index contributed by atoms with van der Waals surface area (Å²) < 4.78 is 0.919. The molecule has 154 valence electrons. The van der Waals surface area contributed by atoms with Crippen LogP contribution in [0.2, 0.25) is 0 Å². The Kier molecular flexibility index (Phi) is 7.28. The molecule has 0 saturated carbocycles. The predicted molar refractivity (Wildman–Crippen MR) is 121 cm³/mol. The normalized spacial score (nSPS) is 14.5. The summed E-state index contributed by atoms with van der Waals surface area (Å²) in [6.07, 6.45) is 0.224. The highest BCUT2D eigenvalue weighted by atomic mass is 79.9. The number of nitrogens with one attached hydrogen (secondary N) is 2. The van der Waals surface area contributed by atoms with Gasteiger partial charge in [0.1, 0.15) is 0 Å². The van der Waals surface area contributed by atoms with Gasteiger partial charge < -0.3 is 20.4 Å². The van der Waals surface area contributed by atoms with Crippen molar-refractivity contribution in [1.29, 1.82) is 0 Å². The molecule has 0 atom stereocenters. The first-order valence-corrected chi connectivity index (χ1v) is 10.6. The van der Waals surface area contributed by atoms with Crippen LogP contribution in [0.4, 0.5) is 11.4 Å². The molecule has 0 spiro atoms. The van der Waals surface area contributed by atoms with Gasteiger partial charge in [0.2, 0.25) is 5.91 Å². The first-order valence-electron chi connectivity index (χ1n) is 9.80. The van der Waals surface area contributed by atoms with Gasteiger partial charge in [0.15, 0.2) is 0 Å². The number of rotatable bonds is 6. The highest BCUT2D eigenvalue weighted by Gasteiger charge is 2.15. The van der Waals surface area contributed by atoms with Crippen LogP contribution in [0.1, 0.15) is 22.3 Å². The van der Waals surface area contributed by atoms with Crippen molar-refractivity contribution < 1.29 is 9.59 Å². The fourth-order valence-electron chi connectivity index (χ4n) is 3.26. The number of hydrogen-bond acceptors (Lipinski definition) is 4. The second kappa shape index (κ2) is 9.89. The van der Waals surface area contributed by atoms with E-state index in [1.807, 2.05) is 25.1 Å². The van der Waals surface area contributed by atoms with Crippen molar-refractivity contribution in [2.24, 2.45) is 0 Å². The fraction of sp³-hybridized carbons (Fsp3) is 0.364. The second-order valence-electron chi connectivity index (χ2n) is 7.35. The summed E-state index contributed by atoms with van der Waals surface area (Å²) in [5.74, 6) is -0.297. The Morgan fingerprint density at radius 3 is 2.38 bits per heavy atom. The maximum atomic E-state index is 12.3. The average Bonchev–Trinajstić information content (AvgIpc) is 2.70. The van der Waals surface area contributed by atoms with Crippen molar-refractivity contribution >= 4 is 39.1 Å². The third-order valence-corrected chi connectivity index (χ3v) is 5.63. The molecule has 2 N–H and O–H groups in total. The number of halogens is 1. The van der Waals surface area contributed by atoms with Crippen LogP contribution in [-0.2, 0) is 4.79 Å². The number of anilines is 2. The van der Waals surface area contributed by atoms with E-state index in [2.05, 4.69) is 55.5 Å². The number of nitrogens with zero attached hydrogens (tertiary/aromatic N) is 2. The standard InChI is InChI=1S/C22H27BrN4O2/c1-16-15-19(27-13-11-26(2)12-14-27)7-8-20(16)25-21(28)9-10-24-22(29)17-3-5-18(23)6-4-17/h3-8,15H,9-14H2,1-2H3,(H,24,29)(H,25,28). The van der Waals surface area contributed by atoms with E-state index in [9.17, 15) is 9.59 Å². The van der Waals surface area contributed by atoms with Gasteiger partial charge in [-0.15, -0.1) is 0 Å². The molecule has 0 bridgehead atoms. The first kappa shape index (κ1) is 21.3. The fourth-order valence-corrected chi connectivity index (χ4v) is 3.52. The molecular weight excluding hydrogens is 432 g/mol. The van der Waals surface area contributed by atoms with E-state index in [4.69, 9.17) is 0 Å². The minimum absolute atomic E-state index is 0.114. The van der Waals surface area contributed by atoms with Crippen LogP contribution in [0.3, 0.4) is 0 Å². The molecule has 1 fully saturated rings. The molecule has 3 rings (SSSR count). The van der Waals surface area contributed by atoms with Gasteiger partial charge in [-0.3, -0.25) is 9.59 Å². The molecule has 2 amide bonds. The summed E-state index contributed by atoms with van der Waals surface area (Å²) >= 11 is 3.34. The minimum atomic E-state index is -0.182. The lowest BCUT2D eigenvalue weighted by Crippen LogP contribution is -2.44. The molecule has 7 heteroatoms. The summed E-state index contributed by atoms with van der Waals surface area (Å²) in [6, 6.07) is 13.3. The molecule has 29 heavy (non-hydrogen) atoms. The van der Waals surface area contributed by atoms with Crippen molar-refractivity contribution in [1.82, 2.24) is 10.2 Å². The maximum absolute atomic E-state index is 12.3. The van der Waals surface area contributed by atoms with Gasteiger partial charge in [-0.1, -0.05) is 15.9 Å². The van der Waals surface area contributed by atoms with Crippen LogP contribution in [0.25, 0.3) is 0 Å². The molecule has 0 aromatic heterocycles. The predicted octanol–water partition coefficient (Wildman–Crippen LogP) is 3.27. The first-order chi connectivity index (χ1) is 13.9. The Hall–Kier alpha value is -2.38. The summed E-state index contributed by atoms with van der Waals surface area (Å²) in [7, 11) is 2.14. The van der Waals surface area contributed by atoms with Crippen LogP contribution in [-0.4, -0.2) is 56.5 Å². The topological polar surface area (TPSA) is 64.7 Å². The van der Waals surface area contributed by atoms with Crippen molar-refractivity contribution in [3.63, 3.8) is 0 Å². The van der Waals surface area contributed by atoms with Crippen LogP contribution in [0.15, 0.2) is 46.9 Å². The van der Waals surface area contributed by atoms with Crippen LogP contribution in [0.5, 0.6) is 0 Å². The lowest BCUT2D eigenvalue weighted by Gasteiger charge is -2.34. The molecule has 1 aliphatic rings. The van der Waals surface area contributed by atoms with E-state index >= 15 is 0 Å². The highest BCUT2D eigenvalue weighted by molar-refractivity contribution is 9.10. The Bertz CT molecular complexity index is 862.